The fourth-order valence-electron chi connectivity index (χ4n) is 5.64. The largest absolute Gasteiger partial charge is 0.330 e. The number of hydrogen-bond donors (Lipinski definition) is 0. The predicted molar refractivity (Wildman–Crippen MR) is 163 cm³/mol. The van der Waals surface area contributed by atoms with Crippen LogP contribution < -0.4 is 0 Å². The first-order chi connectivity index (χ1) is 18.2. The van der Waals surface area contributed by atoms with Gasteiger partial charge in [-0.1, -0.05) is 88.2 Å². The minimum absolute atomic E-state index is 0.0207. The van der Waals surface area contributed by atoms with Crippen LogP contribution in [0.1, 0.15) is 77.5 Å². The highest BCUT2D eigenvalue weighted by molar-refractivity contribution is 7.94. The third kappa shape index (κ3) is 6.96. The van der Waals surface area contributed by atoms with Gasteiger partial charge in [0.2, 0.25) is 5.91 Å². The van der Waals surface area contributed by atoms with Crippen LogP contribution in [-0.2, 0) is 19.3 Å². The molecule has 8 heteroatoms. The zero-order valence-electron chi connectivity index (χ0n) is 23.7. The number of rotatable bonds is 9. The van der Waals surface area contributed by atoms with Crippen molar-refractivity contribution in [1.29, 1.82) is 0 Å². The van der Waals surface area contributed by atoms with E-state index in [4.69, 9.17) is 23.2 Å². The van der Waals surface area contributed by atoms with Crippen LogP contribution in [0.3, 0.4) is 0 Å². The molecule has 0 saturated carbocycles. The predicted octanol–water partition coefficient (Wildman–Crippen LogP) is 8.08. The third-order valence-electron chi connectivity index (χ3n) is 7.74. The second kappa shape index (κ2) is 12.6. The first-order valence-electron chi connectivity index (χ1n) is 13.4. The van der Waals surface area contributed by atoms with Gasteiger partial charge < -0.3 is 4.90 Å². The average molecular weight is 592 g/mol. The number of carbonyl (C=O) groups excluding carboxylic acids is 2. The Morgan fingerprint density at radius 2 is 1.77 bits per heavy atom. The van der Waals surface area contributed by atoms with Crippen LogP contribution in [0, 0.1) is 11.3 Å². The first kappa shape index (κ1) is 31.4. The van der Waals surface area contributed by atoms with Crippen molar-refractivity contribution in [3.8, 4) is 0 Å². The molecule has 1 aliphatic heterocycles. The Kier molecular flexibility index (Phi) is 10.1. The second-order valence-electron chi connectivity index (χ2n) is 11.5. The van der Waals surface area contributed by atoms with E-state index in [-0.39, 0.29) is 34.8 Å². The number of amides is 2. The van der Waals surface area contributed by atoms with Gasteiger partial charge in [0.15, 0.2) is 0 Å². The molecule has 3 rings (SSSR count). The van der Waals surface area contributed by atoms with Gasteiger partial charge in [-0.25, -0.2) is 4.21 Å². The van der Waals surface area contributed by atoms with E-state index in [9.17, 15) is 13.8 Å². The molecule has 2 aromatic rings. The van der Waals surface area contributed by atoms with Crippen molar-refractivity contribution in [3.63, 3.8) is 0 Å². The summed E-state index contributed by atoms with van der Waals surface area (Å²) in [6, 6.07) is 14.6. The SMILES string of the molecule is C=CC[C@@]1(C)C[C@H](c2cccc(Cl)c2)[C@@H](c2ccc(Cl)cc2)N([C@H](CS(=O)(=NC(C)=O)C(C)C)C(C)C)C1=O. The number of allylic oxidation sites excluding steroid dienone is 1. The standard InChI is InChI=1S/C31H40Cl2N2O3S/c1-8-16-31(7)18-27(24-10-9-11-26(33)17-24)29(23-12-14-25(32)15-13-23)35(30(31)37)28(20(2)3)19-39(38,21(4)5)34-22(6)36/h8-15,17,20-21,27-29H,1,16,18-19H2,2-7H3/t27-,28-,29-,31+,39?/m1/s1. The van der Waals surface area contributed by atoms with Gasteiger partial charge >= 0.3 is 0 Å². The van der Waals surface area contributed by atoms with Crippen LogP contribution in [0.25, 0.3) is 0 Å². The molecular formula is C31H40Cl2N2O3S. The number of likely N-dealkylation sites (tertiary alicyclic amines) is 1. The highest BCUT2D eigenvalue weighted by atomic mass is 35.5. The summed E-state index contributed by atoms with van der Waals surface area (Å²) in [6.07, 6.45) is 2.87. The minimum Gasteiger partial charge on any atom is -0.330 e. The van der Waals surface area contributed by atoms with Gasteiger partial charge in [0, 0.05) is 34.2 Å². The zero-order chi connectivity index (χ0) is 29.1. The maximum Gasteiger partial charge on any atom is 0.250 e. The Morgan fingerprint density at radius 3 is 2.28 bits per heavy atom. The average Bonchev–Trinajstić information content (AvgIpc) is 2.84. The van der Waals surface area contributed by atoms with Gasteiger partial charge in [-0.15, -0.1) is 6.58 Å². The second-order valence-corrected chi connectivity index (χ2v) is 15.2. The van der Waals surface area contributed by atoms with Gasteiger partial charge in [0.05, 0.1) is 26.9 Å². The molecule has 0 aliphatic carbocycles. The van der Waals surface area contributed by atoms with E-state index in [2.05, 4.69) is 17.0 Å². The summed E-state index contributed by atoms with van der Waals surface area (Å²) in [5.41, 5.74) is 1.22. The molecule has 212 valence electrons. The van der Waals surface area contributed by atoms with E-state index in [1.54, 1.807) is 6.08 Å². The van der Waals surface area contributed by atoms with Crippen LogP contribution in [0.15, 0.2) is 65.5 Å². The molecule has 1 fully saturated rings. The summed E-state index contributed by atoms with van der Waals surface area (Å²) in [5.74, 6) is -0.550. The summed E-state index contributed by atoms with van der Waals surface area (Å²) in [6.45, 7) is 14.9. The lowest BCUT2D eigenvalue weighted by atomic mass is 9.67. The minimum atomic E-state index is -2.95. The fourth-order valence-corrected chi connectivity index (χ4v) is 8.11. The van der Waals surface area contributed by atoms with Crippen molar-refractivity contribution in [2.75, 3.05) is 5.75 Å². The highest BCUT2D eigenvalue weighted by Crippen LogP contribution is 2.52. The smallest absolute Gasteiger partial charge is 0.250 e. The van der Waals surface area contributed by atoms with E-state index in [1.165, 1.54) is 6.92 Å². The van der Waals surface area contributed by atoms with Gasteiger partial charge in [0.25, 0.3) is 5.91 Å². The van der Waals surface area contributed by atoms with Crippen LogP contribution in [0.4, 0.5) is 0 Å². The van der Waals surface area contributed by atoms with E-state index in [0.29, 0.717) is 22.9 Å². The number of carbonyl (C=O) groups is 2. The molecule has 1 saturated heterocycles. The summed E-state index contributed by atoms with van der Waals surface area (Å²) in [5, 5.41) is 0.867. The van der Waals surface area contributed by atoms with Crippen LogP contribution in [0.5, 0.6) is 0 Å². The lowest BCUT2D eigenvalue weighted by Gasteiger charge is -2.53. The number of benzene rings is 2. The first-order valence-corrected chi connectivity index (χ1v) is 15.9. The van der Waals surface area contributed by atoms with Crippen LogP contribution >= 0.6 is 23.2 Å². The summed E-state index contributed by atoms with van der Waals surface area (Å²) in [4.78, 5) is 28.6. The summed E-state index contributed by atoms with van der Waals surface area (Å²) >= 11 is 12.7. The van der Waals surface area contributed by atoms with Gasteiger partial charge in [-0.2, -0.15) is 4.36 Å². The Bertz CT molecular complexity index is 1330. The molecule has 0 aromatic heterocycles. The molecule has 0 N–H and O–H groups in total. The fraction of sp³-hybridized carbons (Fsp3) is 0.484. The topological polar surface area (TPSA) is 66.8 Å². The molecule has 0 radical (unpaired) electrons. The maximum atomic E-state index is 14.6. The monoisotopic (exact) mass is 590 g/mol. The molecule has 2 aromatic carbocycles. The Hall–Kier alpha value is -2.15. The van der Waals surface area contributed by atoms with E-state index < -0.39 is 27.1 Å². The lowest BCUT2D eigenvalue weighted by Crippen LogP contribution is -2.58. The molecular weight excluding hydrogens is 551 g/mol. The quantitative estimate of drug-likeness (QED) is 0.277. The molecule has 5 nitrogen and oxygen atoms in total. The Labute approximate surface area is 244 Å². The summed E-state index contributed by atoms with van der Waals surface area (Å²) in [7, 11) is -2.95. The van der Waals surface area contributed by atoms with Gasteiger partial charge in [-0.05, 0) is 54.2 Å². The molecule has 5 atom stereocenters. The highest BCUT2D eigenvalue weighted by Gasteiger charge is 2.52. The number of nitrogens with zero attached hydrogens (tertiary/aromatic N) is 2. The molecule has 1 aliphatic rings. The number of hydrogen-bond acceptors (Lipinski definition) is 3. The number of piperidine rings is 1. The molecule has 0 bridgehead atoms. The van der Waals surface area contributed by atoms with Gasteiger partial charge in [-0.3, -0.25) is 9.59 Å². The van der Waals surface area contributed by atoms with E-state index in [1.807, 2.05) is 82.0 Å². The van der Waals surface area contributed by atoms with Crippen LogP contribution in [-0.4, -0.2) is 38.0 Å². The van der Waals surface area contributed by atoms with E-state index in [0.717, 1.165) is 11.1 Å². The molecule has 2 amide bonds. The van der Waals surface area contributed by atoms with Gasteiger partial charge in [0.1, 0.15) is 0 Å². The molecule has 1 heterocycles. The Balaban J connectivity index is 2.33. The normalized spacial score (nSPS) is 23.9. The third-order valence-corrected chi connectivity index (χ3v) is 11.1. The zero-order valence-corrected chi connectivity index (χ0v) is 26.0. The van der Waals surface area contributed by atoms with E-state index >= 15 is 0 Å². The maximum absolute atomic E-state index is 14.6. The Morgan fingerprint density at radius 1 is 1.13 bits per heavy atom. The van der Waals surface area contributed by atoms with Crippen molar-refractivity contribution >= 4 is 44.7 Å². The van der Waals surface area contributed by atoms with Crippen molar-refractivity contribution < 1.29 is 13.8 Å². The van der Waals surface area contributed by atoms with Crippen molar-refractivity contribution in [1.82, 2.24) is 4.90 Å². The van der Waals surface area contributed by atoms with Crippen molar-refractivity contribution in [3.05, 3.63) is 82.4 Å². The van der Waals surface area contributed by atoms with Crippen LogP contribution in [0.2, 0.25) is 10.0 Å². The molecule has 39 heavy (non-hydrogen) atoms. The van der Waals surface area contributed by atoms with Crippen molar-refractivity contribution in [2.24, 2.45) is 15.7 Å². The molecule has 0 spiro atoms. The summed E-state index contributed by atoms with van der Waals surface area (Å²) < 4.78 is 18.3. The lowest BCUT2D eigenvalue weighted by molar-refractivity contribution is -0.155. The number of halogens is 2. The molecule has 1 unspecified atom stereocenters. The van der Waals surface area contributed by atoms with Crippen molar-refractivity contribution in [2.45, 2.75) is 77.6 Å².